The number of rotatable bonds is 10. The fraction of sp³-hybridized carbons (Fsp3) is 0.548. The molecule has 1 aliphatic carbocycles. The highest BCUT2D eigenvalue weighted by Crippen LogP contribution is 2.46. The number of hydrogen-bond acceptors (Lipinski definition) is 7. The molecule has 38 heavy (non-hydrogen) atoms. The van der Waals surface area contributed by atoms with Crippen molar-refractivity contribution in [2.45, 2.75) is 54.6 Å². The number of ether oxygens (including phenoxy) is 4. The molecule has 2 atom stereocenters. The molecule has 0 radical (unpaired) electrons. The van der Waals surface area contributed by atoms with E-state index in [-0.39, 0.29) is 11.8 Å². The lowest BCUT2D eigenvalue weighted by Gasteiger charge is -2.41. The summed E-state index contributed by atoms with van der Waals surface area (Å²) >= 11 is 0. The lowest BCUT2D eigenvalue weighted by molar-refractivity contribution is -0.138. The molecular formula is C31H43NO6. The summed E-state index contributed by atoms with van der Waals surface area (Å²) in [7, 11) is 1.63. The van der Waals surface area contributed by atoms with Crippen molar-refractivity contribution in [3.63, 3.8) is 0 Å². The van der Waals surface area contributed by atoms with Crippen LogP contribution in [0.1, 0.15) is 56.1 Å². The number of nitrogens with zero attached hydrogens (tertiary/aromatic N) is 1. The molecule has 2 aliphatic rings. The van der Waals surface area contributed by atoms with Crippen LogP contribution in [-0.4, -0.2) is 75.9 Å². The third kappa shape index (κ3) is 6.28. The first-order valence-electron chi connectivity index (χ1n) is 13.4. The number of aryl methyl sites for hydroxylation is 2. The monoisotopic (exact) mass is 525 g/mol. The van der Waals surface area contributed by atoms with E-state index in [0.717, 1.165) is 66.4 Å². The first-order chi connectivity index (χ1) is 18.0. The topological polar surface area (TPSA) is 74.3 Å². The predicted molar refractivity (Wildman–Crippen MR) is 149 cm³/mol. The summed E-state index contributed by atoms with van der Waals surface area (Å²) in [5.74, 6) is 0.402. The van der Waals surface area contributed by atoms with Crippen molar-refractivity contribution in [2.75, 3.05) is 53.2 Å². The molecule has 1 heterocycles. The van der Waals surface area contributed by atoms with Crippen LogP contribution in [-0.2, 0) is 19.0 Å². The fourth-order valence-electron chi connectivity index (χ4n) is 5.58. The molecule has 7 heteroatoms. The number of methoxy groups -OCH3 is 1. The van der Waals surface area contributed by atoms with Crippen LogP contribution in [0.5, 0.6) is 5.75 Å². The van der Waals surface area contributed by atoms with Crippen molar-refractivity contribution >= 4 is 11.8 Å². The van der Waals surface area contributed by atoms with Gasteiger partial charge in [0, 0.05) is 37.7 Å². The minimum atomic E-state index is -0.596. The van der Waals surface area contributed by atoms with Crippen molar-refractivity contribution in [2.24, 2.45) is 5.41 Å². The Morgan fingerprint density at radius 1 is 1.11 bits per heavy atom. The van der Waals surface area contributed by atoms with Crippen LogP contribution in [0, 0.1) is 19.3 Å². The molecule has 0 saturated carbocycles. The minimum absolute atomic E-state index is 0.0876. The maximum absolute atomic E-state index is 13.3. The molecular weight excluding hydrogens is 482 g/mol. The van der Waals surface area contributed by atoms with E-state index < -0.39 is 11.5 Å². The van der Waals surface area contributed by atoms with Crippen LogP contribution >= 0.6 is 0 Å². The predicted octanol–water partition coefficient (Wildman–Crippen LogP) is 5.00. The van der Waals surface area contributed by atoms with Crippen LogP contribution in [0.4, 0.5) is 0 Å². The molecule has 1 saturated heterocycles. The second-order valence-corrected chi connectivity index (χ2v) is 10.4. The van der Waals surface area contributed by atoms with Crippen molar-refractivity contribution in [3.05, 3.63) is 63.3 Å². The van der Waals surface area contributed by atoms with E-state index in [2.05, 4.69) is 4.90 Å². The number of benzene rings is 1. The van der Waals surface area contributed by atoms with Gasteiger partial charge in [0.15, 0.2) is 5.78 Å². The van der Waals surface area contributed by atoms with Crippen molar-refractivity contribution < 1.29 is 28.5 Å². The van der Waals surface area contributed by atoms with Gasteiger partial charge >= 0.3 is 5.97 Å². The van der Waals surface area contributed by atoms with E-state index in [9.17, 15) is 9.59 Å². The molecule has 0 spiro atoms. The Hall–Kier alpha value is -2.74. The van der Waals surface area contributed by atoms with Gasteiger partial charge in [-0.15, -0.1) is 0 Å². The van der Waals surface area contributed by atoms with E-state index in [1.54, 1.807) is 20.1 Å². The normalized spacial score (nSPS) is 22.8. The zero-order chi connectivity index (χ0) is 28.0. The van der Waals surface area contributed by atoms with Gasteiger partial charge in [0.05, 0.1) is 31.5 Å². The lowest BCUT2D eigenvalue weighted by atomic mass is 9.67. The molecule has 2 unspecified atom stereocenters. The van der Waals surface area contributed by atoms with Crippen LogP contribution in [0.15, 0.2) is 46.6 Å². The second-order valence-electron chi connectivity index (χ2n) is 10.4. The van der Waals surface area contributed by atoms with Gasteiger partial charge in [0.2, 0.25) is 0 Å². The fourth-order valence-corrected chi connectivity index (χ4v) is 5.58. The van der Waals surface area contributed by atoms with Crippen LogP contribution < -0.4 is 4.74 Å². The van der Waals surface area contributed by atoms with E-state index in [1.807, 2.05) is 59.8 Å². The highest BCUT2D eigenvalue weighted by atomic mass is 16.5. The summed E-state index contributed by atoms with van der Waals surface area (Å²) in [6.45, 7) is 18.7. The summed E-state index contributed by atoms with van der Waals surface area (Å²) in [6.07, 6.45) is 3.13. The Balaban J connectivity index is 1.78. The van der Waals surface area contributed by atoms with Gasteiger partial charge in [0.1, 0.15) is 12.4 Å². The summed E-state index contributed by atoms with van der Waals surface area (Å²) in [6, 6.07) is 3.78. The van der Waals surface area contributed by atoms with E-state index in [0.29, 0.717) is 24.4 Å². The van der Waals surface area contributed by atoms with Gasteiger partial charge < -0.3 is 18.9 Å². The number of esters is 1. The molecule has 208 valence electrons. The second kappa shape index (κ2) is 12.9. The average molecular weight is 526 g/mol. The number of allylic oxidation sites excluding steroid dienone is 1. The summed E-state index contributed by atoms with van der Waals surface area (Å²) in [4.78, 5) is 28.3. The van der Waals surface area contributed by atoms with Crippen LogP contribution in [0.25, 0.3) is 0 Å². The lowest BCUT2D eigenvalue weighted by Crippen LogP contribution is -2.39. The van der Waals surface area contributed by atoms with Gasteiger partial charge in [-0.05, 0) is 88.9 Å². The van der Waals surface area contributed by atoms with Crippen molar-refractivity contribution in [1.29, 1.82) is 0 Å². The molecule has 1 aliphatic heterocycles. The summed E-state index contributed by atoms with van der Waals surface area (Å²) < 4.78 is 22.7. The molecule has 0 aromatic heterocycles. The Morgan fingerprint density at radius 2 is 1.74 bits per heavy atom. The molecule has 1 aromatic rings. The smallest absolute Gasteiger partial charge is 0.338 e. The number of carbonyl (C=O) groups excluding carboxylic acids is 2. The molecule has 0 bridgehead atoms. The first-order valence-corrected chi connectivity index (χ1v) is 13.4. The number of hydrogen-bond donors (Lipinski definition) is 0. The Kier molecular flexibility index (Phi) is 10.1. The van der Waals surface area contributed by atoms with Crippen LogP contribution in [0.2, 0.25) is 0 Å². The zero-order valence-electron chi connectivity index (χ0n) is 24.2. The average Bonchev–Trinajstić information content (AvgIpc) is 2.88. The van der Waals surface area contributed by atoms with E-state index in [1.165, 1.54) is 0 Å². The van der Waals surface area contributed by atoms with Gasteiger partial charge in [0.25, 0.3) is 0 Å². The third-order valence-electron chi connectivity index (χ3n) is 7.88. The Bertz CT molecular complexity index is 1120. The van der Waals surface area contributed by atoms with Crippen molar-refractivity contribution in [1.82, 2.24) is 4.90 Å². The number of ketones is 1. The van der Waals surface area contributed by atoms with Gasteiger partial charge in [-0.25, -0.2) is 4.79 Å². The standard InChI is InChI=1S/C31H43NO6/c1-9-37-30(34)27-22(4)24(6)31(7,29(35-8)23(27)5)11-10-26(33)25-18-20(2)28(21(3)19-25)38-17-14-32-12-15-36-16-13-32/h10-11,18-19,29H,9,12-17H2,1-8H3. The molecule has 1 fully saturated rings. The van der Waals surface area contributed by atoms with Crippen molar-refractivity contribution in [3.8, 4) is 5.75 Å². The maximum atomic E-state index is 13.3. The number of morpholine rings is 1. The molecule has 0 amide bonds. The largest absolute Gasteiger partial charge is 0.492 e. The van der Waals surface area contributed by atoms with E-state index >= 15 is 0 Å². The summed E-state index contributed by atoms with van der Waals surface area (Å²) in [5.41, 5.74) is 5.09. The SMILES string of the molecule is CCOC(=O)C1=C(C)C(OC)C(C)(C=CC(=O)c2cc(C)c(OCCN3CCOCC3)c(C)c2)C(C)=C1C. The van der Waals surface area contributed by atoms with Gasteiger partial charge in [-0.3, -0.25) is 9.69 Å². The molecule has 7 nitrogen and oxygen atoms in total. The Morgan fingerprint density at radius 3 is 2.32 bits per heavy atom. The maximum Gasteiger partial charge on any atom is 0.338 e. The van der Waals surface area contributed by atoms with Gasteiger partial charge in [-0.1, -0.05) is 11.6 Å². The molecule has 3 rings (SSSR count). The van der Waals surface area contributed by atoms with Crippen LogP contribution in [0.3, 0.4) is 0 Å². The highest BCUT2D eigenvalue weighted by molar-refractivity contribution is 6.05. The molecule has 0 N–H and O–H groups in total. The third-order valence-corrected chi connectivity index (χ3v) is 7.88. The van der Waals surface area contributed by atoms with Gasteiger partial charge in [-0.2, -0.15) is 0 Å². The Labute approximate surface area is 227 Å². The zero-order valence-corrected chi connectivity index (χ0v) is 24.2. The highest BCUT2D eigenvalue weighted by Gasteiger charge is 2.42. The minimum Gasteiger partial charge on any atom is -0.492 e. The first kappa shape index (κ1) is 29.8. The van der Waals surface area contributed by atoms with E-state index in [4.69, 9.17) is 18.9 Å². The number of carbonyl (C=O) groups is 2. The quantitative estimate of drug-likeness (QED) is 0.242. The molecule has 1 aromatic carbocycles. The summed E-state index contributed by atoms with van der Waals surface area (Å²) in [5, 5.41) is 0.